The zero-order chi connectivity index (χ0) is 11.3. The highest BCUT2D eigenvalue weighted by Crippen LogP contribution is 2.28. The zero-order valence-corrected chi connectivity index (χ0v) is 10.6. The number of hydrogen-bond donors (Lipinski definition) is 1. The molecule has 0 saturated heterocycles. The number of unbranched alkanes of at least 4 members (excludes halogenated alkanes) is 1. The Hall–Kier alpha value is -0.0800. The van der Waals surface area contributed by atoms with Crippen LogP contribution in [0, 0.1) is 5.92 Å². The normalized spacial score (nSPS) is 32.2. The van der Waals surface area contributed by atoms with Crippen molar-refractivity contribution in [3.8, 4) is 0 Å². The monoisotopic (exact) mass is 213 g/mol. The van der Waals surface area contributed by atoms with Crippen molar-refractivity contribution >= 4 is 0 Å². The van der Waals surface area contributed by atoms with Crippen molar-refractivity contribution in [2.24, 2.45) is 5.92 Å². The van der Waals surface area contributed by atoms with Crippen molar-refractivity contribution in [3.05, 3.63) is 0 Å². The molecule has 15 heavy (non-hydrogen) atoms. The molecule has 1 fully saturated rings. The van der Waals surface area contributed by atoms with Crippen LogP contribution in [0.3, 0.4) is 0 Å². The van der Waals surface area contributed by atoms with Gasteiger partial charge >= 0.3 is 0 Å². The summed E-state index contributed by atoms with van der Waals surface area (Å²) in [5, 5.41) is 9.74. The van der Waals surface area contributed by atoms with Crippen LogP contribution >= 0.6 is 0 Å². The third kappa shape index (κ3) is 3.76. The number of rotatable bonds is 5. The Morgan fingerprint density at radius 1 is 1.27 bits per heavy atom. The van der Waals surface area contributed by atoms with Gasteiger partial charge in [-0.05, 0) is 44.7 Å². The molecule has 90 valence electrons. The van der Waals surface area contributed by atoms with Crippen LogP contribution in [0.5, 0.6) is 0 Å². The number of hydrogen-bond acceptors (Lipinski definition) is 2. The lowest BCUT2D eigenvalue weighted by Gasteiger charge is -2.40. The highest BCUT2D eigenvalue weighted by Gasteiger charge is 2.29. The average Bonchev–Trinajstić information content (AvgIpc) is 2.24. The predicted molar refractivity (Wildman–Crippen MR) is 65.0 cm³/mol. The zero-order valence-electron chi connectivity index (χ0n) is 10.6. The second kappa shape index (κ2) is 6.49. The fraction of sp³-hybridized carbons (Fsp3) is 1.00. The van der Waals surface area contributed by atoms with Gasteiger partial charge in [0.15, 0.2) is 0 Å². The molecule has 0 radical (unpaired) electrons. The summed E-state index contributed by atoms with van der Waals surface area (Å²) in [7, 11) is 0. The summed E-state index contributed by atoms with van der Waals surface area (Å²) in [6.45, 7) is 9.15. The third-order valence-corrected chi connectivity index (χ3v) is 3.80. The van der Waals surface area contributed by atoms with E-state index in [1.54, 1.807) is 0 Å². The molecule has 1 aliphatic rings. The summed E-state index contributed by atoms with van der Waals surface area (Å²) in [6.07, 6.45) is 5.67. The van der Waals surface area contributed by atoms with Gasteiger partial charge in [0.1, 0.15) is 0 Å². The molecular weight excluding hydrogens is 186 g/mol. The molecule has 2 heteroatoms. The van der Waals surface area contributed by atoms with E-state index in [1.807, 2.05) is 0 Å². The Morgan fingerprint density at radius 2 is 2.00 bits per heavy atom. The van der Waals surface area contributed by atoms with Crippen molar-refractivity contribution in [2.45, 2.75) is 65.0 Å². The quantitative estimate of drug-likeness (QED) is 0.759. The van der Waals surface area contributed by atoms with Crippen molar-refractivity contribution < 1.29 is 5.11 Å². The first-order chi connectivity index (χ1) is 7.19. The van der Waals surface area contributed by atoms with Crippen molar-refractivity contribution in [2.75, 3.05) is 13.1 Å². The fourth-order valence-electron chi connectivity index (χ4n) is 2.71. The van der Waals surface area contributed by atoms with Crippen molar-refractivity contribution in [3.63, 3.8) is 0 Å². The van der Waals surface area contributed by atoms with Gasteiger partial charge < -0.3 is 10.0 Å². The number of aliphatic hydroxyl groups is 1. The SMILES string of the molecule is CCCCN(CC)C1CC(O)CCC1C. The first kappa shape index (κ1) is 13.0. The van der Waals surface area contributed by atoms with Crippen LogP contribution < -0.4 is 0 Å². The van der Waals surface area contributed by atoms with Gasteiger partial charge in [0.25, 0.3) is 0 Å². The second-order valence-electron chi connectivity index (χ2n) is 4.99. The van der Waals surface area contributed by atoms with E-state index in [-0.39, 0.29) is 6.10 Å². The fourth-order valence-corrected chi connectivity index (χ4v) is 2.71. The maximum absolute atomic E-state index is 9.74. The lowest BCUT2D eigenvalue weighted by molar-refractivity contribution is 0.0338. The molecule has 3 unspecified atom stereocenters. The first-order valence-electron chi connectivity index (χ1n) is 6.61. The standard InChI is InChI=1S/C13H27NO/c1-4-6-9-14(5-2)13-10-12(15)8-7-11(13)3/h11-13,15H,4-10H2,1-3H3. The van der Waals surface area contributed by atoms with Gasteiger partial charge in [-0.15, -0.1) is 0 Å². The second-order valence-corrected chi connectivity index (χ2v) is 4.99. The number of nitrogens with zero attached hydrogens (tertiary/aromatic N) is 1. The van der Waals surface area contributed by atoms with E-state index in [4.69, 9.17) is 0 Å². The Balaban J connectivity index is 2.48. The molecule has 3 atom stereocenters. The Labute approximate surface area is 94.7 Å². The molecule has 2 nitrogen and oxygen atoms in total. The summed E-state index contributed by atoms with van der Waals surface area (Å²) in [5.41, 5.74) is 0. The molecular formula is C13H27NO. The summed E-state index contributed by atoms with van der Waals surface area (Å²) in [5.74, 6) is 0.755. The molecule has 1 rings (SSSR count). The largest absolute Gasteiger partial charge is 0.393 e. The van der Waals surface area contributed by atoms with Crippen LogP contribution in [0.15, 0.2) is 0 Å². The highest BCUT2D eigenvalue weighted by molar-refractivity contribution is 4.84. The molecule has 0 amide bonds. The average molecular weight is 213 g/mol. The van der Waals surface area contributed by atoms with E-state index in [9.17, 15) is 5.11 Å². The van der Waals surface area contributed by atoms with Gasteiger partial charge in [0.2, 0.25) is 0 Å². The van der Waals surface area contributed by atoms with E-state index >= 15 is 0 Å². The molecule has 0 aliphatic heterocycles. The molecule has 0 aromatic heterocycles. The predicted octanol–water partition coefficient (Wildman–Crippen LogP) is 2.66. The van der Waals surface area contributed by atoms with Crippen molar-refractivity contribution in [1.82, 2.24) is 4.90 Å². The van der Waals surface area contributed by atoms with E-state index in [0.29, 0.717) is 6.04 Å². The topological polar surface area (TPSA) is 23.5 Å². The van der Waals surface area contributed by atoms with Crippen LogP contribution in [0.1, 0.15) is 52.9 Å². The van der Waals surface area contributed by atoms with Crippen LogP contribution in [0.25, 0.3) is 0 Å². The van der Waals surface area contributed by atoms with E-state index in [2.05, 4.69) is 25.7 Å². The molecule has 0 bridgehead atoms. The van der Waals surface area contributed by atoms with Gasteiger partial charge in [0.05, 0.1) is 6.10 Å². The third-order valence-electron chi connectivity index (χ3n) is 3.80. The van der Waals surface area contributed by atoms with Gasteiger partial charge in [-0.2, -0.15) is 0 Å². The molecule has 1 N–H and O–H groups in total. The number of aliphatic hydroxyl groups excluding tert-OH is 1. The van der Waals surface area contributed by atoms with E-state index in [1.165, 1.54) is 25.8 Å². The Bertz CT molecular complexity index is 172. The maximum atomic E-state index is 9.74. The minimum Gasteiger partial charge on any atom is -0.393 e. The maximum Gasteiger partial charge on any atom is 0.0555 e. The molecule has 0 spiro atoms. The minimum absolute atomic E-state index is 0.0538. The molecule has 1 aliphatic carbocycles. The van der Waals surface area contributed by atoms with Crippen molar-refractivity contribution in [1.29, 1.82) is 0 Å². The van der Waals surface area contributed by atoms with Crippen LogP contribution in [0.2, 0.25) is 0 Å². The van der Waals surface area contributed by atoms with E-state index < -0.39 is 0 Å². The summed E-state index contributed by atoms with van der Waals surface area (Å²) in [6, 6.07) is 0.616. The molecule has 0 heterocycles. The lowest BCUT2D eigenvalue weighted by Crippen LogP contribution is -2.45. The molecule has 0 aromatic rings. The van der Waals surface area contributed by atoms with Crippen LogP contribution in [-0.2, 0) is 0 Å². The Kier molecular flexibility index (Phi) is 5.62. The van der Waals surface area contributed by atoms with Gasteiger partial charge in [-0.1, -0.05) is 27.2 Å². The van der Waals surface area contributed by atoms with Crippen LogP contribution in [0.4, 0.5) is 0 Å². The Morgan fingerprint density at radius 3 is 2.60 bits per heavy atom. The summed E-state index contributed by atoms with van der Waals surface area (Å²) >= 11 is 0. The van der Waals surface area contributed by atoms with E-state index in [0.717, 1.165) is 25.3 Å². The summed E-state index contributed by atoms with van der Waals surface area (Å²) < 4.78 is 0. The van der Waals surface area contributed by atoms with Gasteiger partial charge in [0, 0.05) is 6.04 Å². The summed E-state index contributed by atoms with van der Waals surface area (Å²) in [4.78, 5) is 2.57. The van der Waals surface area contributed by atoms with Gasteiger partial charge in [-0.25, -0.2) is 0 Å². The van der Waals surface area contributed by atoms with Crippen LogP contribution in [-0.4, -0.2) is 35.2 Å². The molecule has 1 saturated carbocycles. The van der Waals surface area contributed by atoms with Gasteiger partial charge in [-0.3, -0.25) is 0 Å². The first-order valence-corrected chi connectivity index (χ1v) is 6.61. The highest BCUT2D eigenvalue weighted by atomic mass is 16.3. The molecule has 0 aromatic carbocycles. The smallest absolute Gasteiger partial charge is 0.0555 e. The minimum atomic E-state index is -0.0538. The lowest BCUT2D eigenvalue weighted by atomic mass is 9.83.